The summed E-state index contributed by atoms with van der Waals surface area (Å²) in [5, 5.41) is 6.36. The SMILES string of the molecule is CCCCOC(=O)C(C(=O)OCCCC)[C@]12CC[C@@]3(C)C(C[C@@H](OC=O)[C@H]4[C@@H]5CC[C@H]([C@H](C)CCC(=O)NCc6ccc(cc6)[C@]6(C(C(=O)OCCCC)C(=O)OCCCC)CC[C@@]7(C)C(C[C@@H](OC=O)[C@H]8[C@@H]9OC[C@H]([C@H](C)CCC(=O)NCc%10ccc1cc%10)[C@@]9(C)[C@@H](OC=O)C[C@@H]87)C6)[C@@]5(C)[C@@H](OC=O)C[C@@H]43)C2. The van der Waals surface area contributed by atoms with Gasteiger partial charge in [0.15, 0.2) is 11.8 Å². The second-order valence-electron chi connectivity index (χ2n) is 35.2. The average molecular weight is 1500 g/mol. The molecule has 0 spiro atoms. The largest absolute Gasteiger partial charge is 0.465 e. The van der Waals surface area contributed by atoms with E-state index >= 15 is 0 Å². The molecule has 108 heavy (non-hydrogen) atoms. The molecule has 2 aromatic rings. The van der Waals surface area contributed by atoms with Crippen molar-refractivity contribution in [2.75, 3.05) is 33.0 Å². The fourth-order valence-corrected chi connectivity index (χ4v) is 24.1. The topological polar surface area (TPSA) is 278 Å². The minimum Gasteiger partial charge on any atom is -0.465 e. The van der Waals surface area contributed by atoms with Crippen molar-refractivity contribution in [2.24, 2.45) is 98.6 Å². The molecule has 8 fully saturated rings. The molecule has 22 atom stereocenters. The van der Waals surface area contributed by atoms with Crippen LogP contribution in [0.15, 0.2) is 48.5 Å². The van der Waals surface area contributed by atoms with Crippen LogP contribution < -0.4 is 10.6 Å². The molecule has 14 bridgehead atoms. The van der Waals surface area contributed by atoms with Crippen LogP contribution in [0.1, 0.15) is 246 Å². The van der Waals surface area contributed by atoms with Crippen molar-refractivity contribution in [3.05, 3.63) is 70.8 Å². The zero-order valence-electron chi connectivity index (χ0n) is 66.0. The standard InChI is InChI=1S/C87H124N2O19/c1-11-15-37-100-78(96)75(79(97)101-38-16-12-2)86-35-33-82(7)60(45-86)41-67(105-50-90)73-63-30-29-62(84(63,9)69(107-52-92)43-64(73)82)54(5)19-31-71(94)88-47-56-23-27-59(28-24-56)87(76(80(98)102-39-17-13-3)81(99)103-40-18-14-4)36-34-83(8)61(46-87)42-68(106-51-91)74-65(83)44-70(108-53-93)85(10)66(49-104-77(74)85)55(6)20-32-72(95)89-48-57-21-25-58(86)26-22-57/h21-28,50-55,60-70,73-77H,11-20,29-49H2,1-10H3,(H,88,94)(H,89,95)/t54-,55-,60?,61?,62-,63+,64+,65+,66-,67-,68-,69+,70+,73+,74+,77+,82+,83+,84-,85+,86+,87+/m1/s1. The Balaban J connectivity index is 0.957. The van der Waals surface area contributed by atoms with Crippen LogP contribution in [0.3, 0.4) is 0 Å². The van der Waals surface area contributed by atoms with E-state index in [9.17, 15) is 47.9 Å². The average Bonchev–Trinajstić information content (AvgIpc) is 0.844. The van der Waals surface area contributed by atoms with Gasteiger partial charge in [-0.3, -0.25) is 47.9 Å². The van der Waals surface area contributed by atoms with Crippen molar-refractivity contribution in [1.29, 1.82) is 0 Å². The Labute approximate surface area is 640 Å². The van der Waals surface area contributed by atoms with Crippen LogP contribution in [0.25, 0.3) is 0 Å². The minimum absolute atomic E-state index is 0.0161. The van der Waals surface area contributed by atoms with Gasteiger partial charge in [-0.1, -0.05) is 143 Å². The number of amides is 2. The zero-order chi connectivity index (χ0) is 77.3. The summed E-state index contributed by atoms with van der Waals surface area (Å²) in [7, 11) is 0. The fraction of sp³-hybridized carbons (Fsp3) is 0.747. The molecule has 2 aromatic carbocycles. The molecule has 0 radical (unpaired) electrons. The van der Waals surface area contributed by atoms with Crippen molar-refractivity contribution >= 4 is 61.6 Å². The molecule has 2 amide bonds. The fourth-order valence-electron chi connectivity index (χ4n) is 24.1. The molecule has 7 saturated carbocycles. The van der Waals surface area contributed by atoms with Crippen LogP contribution in [0.5, 0.6) is 0 Å². The Hall–Kier alpha value is -6.90. The summed E-state index contributed by atoms with van der Waals surface area (Å²) in [4.78, 5) is 140. The molecule has 0 aromatic heterocycles. The highest BCUT2D eigenvalue weighted by Gasteiger charge is 2.72. The number of rotatable bonds is 26. The first kappa shape index (κ1) is 82.1. The van der Waals surface area contributed by atoms with Gasteiger partial charge in [-0.25, -0.2) is 0 Å². The maximum Gasteiger partial charge on any atom is 0.321 e. The van der Waals surface area contributed by atoms with E-state index in [4.69, 9.17) is 42.6 Å². The molecular weight excluding hydrogens is 1380 g/mol. The molecular formula is C87H124N2O19. The molecule has 2 N–H and O–H groups in total. The summed E-state index contributed by atoms with van der Waals surface area (Å²) in [5.41, 5.74) is -1.42. The Kier molecular flexibility index (Phi) is 26.8. The second-order valence-corrected chi connectivity index (χ2v) is 35.2. The second kappa shape index (κ2) is 35.2. The van der Waals surface area contributed by atoms with E-state index in [0.29, 0.717) is 135 Å². The number of nitrogens with one attached hydrogen (secondary N) is 2. The van der Waals surface area contributed by atoms with E-state index in [-0.39, 0.29) is 129 Å². The molecule has 15 aliphatic rings. The van der Waals surface area contributed by atoms with Gasteiger partial charge in [-0.2, -0.15) is 0 Å². The summed E-state index contributed by atoms with van der Waals surface area (Å²) in [6, 6.07) is 15.7. The van der Waals surface area contributed by atoms with Gasteiger partial charge in [0.25, 0.3) is 25.9 Å². The van der Waals surface area contributed by atoms with Gasteiger partial charge in [0.05, 0.1) is 39.1 Å². The number of hydrogen-bond donors (Lipinski definition) is 2. The first-order chi connectivity index (χ1) is 52.0. The number of carbonyl (C=O) groups excluding carboxylic acids is 10. The smallest absolute Gasteiger partial charge is 0.321 e. The van der Waals surface area contributed by atoms with Crippen LogP contribution in [0.4, 0.5) is 0 Å². The lowest BCUT2D eigenvalue weighted by Gasteiger charge is -2.65. The molecule has 21 heteroatoms. The Morgan fingerprint density at radius 3 is 1.26 bits per heavy atom. The van der Waals surface area contributed by atoms with Gasteiger partial charge in [-0.05, 0) is 202 Å². The molecule has 17 rings (SSSR count). The zero-order valence-corrected chi connectivity index (χ0v) is 66.0. The van der Waals surface area contributed by atoms with E-state index < -0.39 is 98.7 Å². The number of fused-ring (bicyclic) bond motifs is 2. The van der Waals surface area contributed by atoms with E-state index in [0.717, 1.165) is 60.8 Å². The number of esters is 4. The third-order valence-electron chi connectivity index (χ3n) is 30.2. The predicted molar refractivity (Wildman–Crippen MR) is 400 cm³/mol. The Morgan fingerprint density at radius 2 is 0.852 bits per heavy atom. The maximum absolute atomic E-state index is 15.0. The third kappa shape index (κ3) is 15.6. The summed E-state index contributed by atoms with van der Waals surface area (Å²) >= 11 is 0. The van der Waals surface area contributed by atoms with Crippen LogP contribution in [0, 0.1) is 98.6 Å². The van der Waals surface area contributed by atoms with Gasteiger partial charge < -0.3 is 53.3 Å². The molecule has 21 nitrogen and oxygen atoms in total. The number of benzene rings is 2. The lowest BCUT2D eigenvalue weighted by atomic mass is 9.40. The highest BCUT2D eigenvalue weighted by atomic mass is 16.6. The lowest BCUT2D eigenvalue weighted by Crippen LogP contribution is -2.66. The van der Waals surface area contributed by atoms with Gasteiger partial charge in [0, 0.05) is 59.4 Å². The normalized spacial score (nSPS) is 37.2. The van der Waals surface area contributed by atoms with Crippen molar-refractivity contribution in [3.8, 4) is 0 Å². The maximum atomic E-state index is 15.0. The molecule has 8 aliphatic heterocycles. The van der Waals surface area contributed by atoms with Crippen molar-refractivity contribution in [3.63, 3.8) is 0 Å². The van der Waals surface area contributed by atoms with Gasteiger partial charge in [0.2, 0.25) is 11.8 Å². The molecule has 8 heterocycles. The van der Waals surface area contributed by atoms with Crippen LogP contribution in [-0.4, -0.2) is 125 Å². The quantitative estimate of drug-likeness (QED) is 0.0291. The number of carbonyl (C=O) groups is 10. The molecule has 2 unspecified atom stereocenters. The number of ether oxygens (including phenoxy) is 9. The highest BCUT2D eigenvalue weighted by Crippen LogP contribution is 2.72. The van der Waals surface area contributed by atoms with Crippen molar-refractivity contribution in [2.45, 2.75) is 278 Å². The van der Waals surface area contributed by atoms with Crippen molar-refractivity contribution in [1.82, 2.24) is 10.6 Å². The lowest BCUT2D eigenvalue weighted by molar-refractivity contribution is -0.227. The summed E-state index contributed by atoms with van der Waals surface area (Å²) in [5.74, 6) is -6.98. The van der Waals surface area contributed by atoms with E-state index in [1.165, 1.54) is 0 Å². The van der Waals surface area contributed by atoms with Crippen LogP contribution in [0.2, 0.25) is 0 Å². The molecule has 7 aliphatic carbocycles. The van der Waals surface area contributed by atoms with Crippen molar-refractivity contribution < 1.29 is 90.6 Å². The first-order valence-corrected chi connectivity index (χ1v) is 41.3. The van der Waals surface area contributed by atoms with E-state index in [1.807, 2.05) is 76.2 Å². The Morgan fingerprint density at radius 1 is 0.472 bits per heavy atom. The number of unbranched alkanes of at least 4 members (excludes halogenated alkanes) is 4. The summed E-state index contributed by atoms with van der Waals surface area (Å²) in [6.07, 6.45) is 10.2. The molecule has 1 saturated heterocycles. The monoisotopic (exact) mass is 1500 g/mol. The third-order valence-corrected chi connectivity index (χ3v) is 30.2. The van der Waals surface area contributed by atoms with E-state index in [2.05, 4.69) is 52.2 Å². The minimum atomic E-state index is -1.35. The Bertz CT molecular complexity index is 3210. The summed E-state index contributed by atoms with van der Waals surface area (Å²) < 4.78 is 56.6. The van der Waals surface area contributed by atoms with Gasteiger partial charge >= 0.3 is 23.9 Å². The summed E-state index contributed by atoms with van der Waals surface area (Å²) in [6.45, 7) is 24.6. The number of hydrogen-bond acceptors (Lipinski definition) is 19. The molecule has 596 valence electrons. The van der Waals surface area contributed by atoms with Crippen LogP contribution in [-0.2, 0) is 114 Å². The van der Waals surface area contributed by atoms with Gasteiger partial charge in [-0.15, -0.1) is 0 Å². The van der Waals surface area contributed by atoms with Gasteiger partial charge in [0.1, 0.15) is 24.4 Å². The predicted octanol–water partition coefficient (Wildman–Crippen LogP) is 13.5. The van der Waals surface area contributed by atoms with E-state index in [1.54, 1.807) is 0 Å². The highest BCUT2D eigenvalue weighted by molar-refractivity contribution is 5.98. The van der Waals surface area contributed by atoms with Crippen LogP contribution >= 0.6 is 0 Å². The first-order valence-electron chi connectivity index (χ1n) is 41.3.